The number of aromatic nitrogens is 4. The molecule has 0 radical (unpaired) electrons. The number of fused-ring (bicyclic) bond motifs is 1. The number of esters is 1. The van der Waals surface area contributed by atoms with E-state index in [-0.39, 0.29) is 30.5 Å². The molecule has 16 nitrogen and oxygen atoms in total. The number of aliphatic hydroxyl groups is 1. The summed E-state index contributed by atoms with van der Waals surface area (Å²) >= 11 is 0. The Morgan fingerprint density at radius 1 is 1.05 bits per heavy atom. The summed E-state index contributed by atoms with van der Waals surface area (Å²) in [5, 5.41) is 20.0. The standard InChI is InChI=1S/C43H68FN7O9/c1-13-33-43(8)35(51(40(55)60-43)21-17-16-20-50-25-31(46-47-50)30-18-14-15-19-45-30)29(5)49(11)24-26(2)23-41(6,56-12)37(28(4)36(53)42(7,44)39(54)58-33)59-38-34(52)32(48(9)10)22-27(3)57-38/h14-15,18-19,25-29,32-35,37-38,52H,13,16-17,20-24H2,1-12H3/t26-,27-,28+,29-,32?,33-,34-,35-,37-,38+,41-,42-,43-/m1/s1. The zero-order valence-corrected chi connectivity index (χ0v) is 37.5. The van der Waals surface area contributed by atoms with Gasteiger partial charge in [-0.3, -0.25) is 19.4 Å². The molecule has 2 aromatic heterocycles. The van der Waals surface area contributed by atoms with Crippen molar-refractivity contribution in [3.05, 3.63) is 30.6 Å². The monoisotopic (exact) mass is 846 g/mol. The van der Waals surface area contributed by atoms with E-state index in [2.05, 4.69) is 27.1 Å². The molecule has 0 bridgehead atoms. The topological polar surface area (TPSA) is 171 Å². The molecule has 0 spiro atoms. The highest BCUT2D eigenvalue weighted by Crippen LogP contribution is 2.42. The van der Waals surface area contributed by atoms with Crippen LogP contribution in [0.3, 0.4) is 0 Å². The molecule has 2 aromatic rings. The Balaban J connectivity index is 1.44. The van der Waals surface area contributed by atoms with Gasteiger partial charge in [-0.15, -0.1) is 5.10 Å². The maximum absolute atomic E-state index is 17.0. The number of amides is 1. The van der Waals surface area contributed by atoms with Crippen molar-refractivity contribution in [3.8, 4) is 11.4 Å². The van der Waals surface area contributed by atoms with E-state index in [1.54, 1.807) is 36.5 Å². The predicted molar refractivity (Wildman–Crippen MR) is 220 cm³/mol. The highest BCUT2D eigenvalue weighted by atomic mass is 19.1. The second kappa shape index (κ2) is 19.2. The number of pyridine rings is 1. The number of aryl methyl sites for hydroxylation is 1. The first-order valence-electron chi connectivity index (χ1n) is 21.3. The third-order valence-corrected chi connectivity index (χ3v) is 13.1. The molecule has 17 heteroatoms. The number of rotatable bonds is 11. The fourth-order valence-electron chi connectivity index (χ4n) is 9.62. The lowest BCUT2D eigenvalue weighted by atomic mass is 9.77. The lowest BCUT2D eigenvalue weighted by molar-refractivity contribution is -0.295. The van der Waals surface area contributed by atoms with Crippen LogP contribution in [-0.2, 0) is 39.8 Å². The van der Waals surface area contributed by atoms with E-state index < -0.39 is 71.3 Å². The van der Waals surface area contributed by atoms with Crippen LogP contribution in [0.15, 0.2) is 30.6 Å². The molecule has 0 aliphatic carbocycles. The molecule has 5 rings (SSSR count). The minimum Gasteiger partial charge on any atom is -0.455 e. The van der Waals surface area contributed by atoms with Gasteiger partial charge in [0.25, 0.3) is 5.67 Å². The molecule has 13 atom stereocenters. The molecule has 3 aliphatic heterocycles. The summed E-state index contributed by atoms with van der Waals surface area (Å²) in [5.41, 5.74) is -4.38. The molecule has 336 valence electrons. The number of nitrogens with zero attached hydrogens (tertiary/aromatic N) is 7. The zero-order chi connectivity index (χ0) is 44.3. The van der Waals surface area contributed by atoms with Crippen LogP contribution in [0.5, 0.6) is 0 Å². The molecular weight excluding hydrogens is 778 g/mol. The number of cyclic esters (lactones) is 1. The van der Waals surface area contributed by atoms with E-state index in [9.17, 15) is 19.5 Å². The van der Waals surface area contributed by atoms with Gasteiger partial charge in [0.1, 0.15) is 17.9 Å². The second-order valence-electron chi connectivity index (χ2n) is 18.1. The fourth-order valence-corrected chi connectivity index (χ4v) is 9.62. The first kappa shape index (κ1) is 47.4. The quantitative estimate of drug-likeness (QED) is 0.190. The number of methoxy groups -OCH3 is 1. The summed E-state index contributed by atoms with van der Waals surface area (Å²) in [7, 11) is 7.19. The van der Waals surface area contributed by atoms with Gasteiger partial charge in [0.05, 0.1) is 35.7 Å². The number of aliphatic hydroxyl groups excluding tert-OH is 1. The van der Waals surface area contributed by atoms with Crippen LogP contribution in [0.25, 0.3) is 11.4 Å². The number of halogens is 1. The van der Waals surface area contributed by atoms with Crippen molar-refractivity contribution in [1.82, 2.24) is 34.7 Å². The Bertz CT molecular complexity index is 1770. The largest absolute Gasteiger partial charge is 0.455 e. The van der Waals surface area contributed by atoms with Gasteiger partial charge in [0, 0.05) is 50.9 Å². The van der Waals surface area contributed by atoms with Crippen LogP contribution < -0.4 is 0 Å². The molecule has 3 aliphatic rings. The van der Waals surface area contributed by atoms with Crippen LogP contribution in [-0.4, -0.2) is 165 Å². The third-order valence-electron chi connectivity index (χ3n) is 13.1. The fraction of sp³-hybridized carbons (Fsp3) is 0.767. The number of carbonyl (C=O) groups is 3. The maximum atomic E-state index is 17.0. The predicted octanol–water partition coefficient (Wildman–Crippen LogP) is 4.53. The summed E-state index contributed by atoms with van der Waals surface area (Å²) in [6.07, 6.45) is 0.490. The van der Waals surface area contributed by atoms with Crippen molar-refractivity contribution in [1.29, 1.82) is 0 Å². The number of ketones is 1. The zero-order valence-electron chi connectivity index (χ0n) is 37.5. The summed E-state index contributed by atoms with van der Waals surface area (Å²) in [6, 6.07) is 4.31. The summed E-state index contributed by atoms with van der Waals surface area (Å²) in [5.74, 6) is -3.83. The van der Waals surface area contributed by atoms with Crippen molar-refractivity contribution in [2.24, 2.45) is 11.8 Å². The van der Waals surface area contributed by atoms with Crippen LogP contribution in [0, 0.1) is 11.8 Å². The molecule has 3 saturated heterocycles. The number of ether oxygens (including phenoxy) is 5. The molecular formula is C43H68FN7O9. The molecule has 3 fully saturated rings. The lowest BCUT2D eigenvalue weighted by Crippen LogP contribution is -2.61. The van der Waals surface area contributed by atoms with Gasteiger partial charge in [-0.2, -0.15) is 0 Å². The Labute approximate surface area is 354 Å². The number of likely N-dealkylation sites (N-methyl/N-ethyl adjacent to an activating group) is 2. The molecule has 1 amide bonds. The van der Waals surface area contributed by atoms with E-state index >= 15 is 4.39 Å². The average molecular weight is 846 g/mol. The van der Waals surface area contributed by atoms with Crippen molar-refractivity contribution in [2.75, 3.05) is 41.3 Å². The molecule has 0 aromatic carbocycles. The number of carbonyl (C=O) groups excluding carboxylic acids is 3. The van der Waals surface area contributed by atoms with Crippen molar-refractivity contribution >= 4 is 17.8 Å². The number of hydrogen-bond acceptors (Lipinski definition) is 14. The van der Waals surface area contributed by atoms with Gasteiger partial charge in [0.15, 0.2) is 17.7 Å². The first-order valence-corrected chi connectivity index (χ1v) is 21.3. The SMILES string of the molecule is CC[C@H]1OC(=O)[C@](C)(F)C(=O)[C@H](C)[C@@H](O[C@@H]2O[C@H](C)CC(N(C)C)[C@H]2O)[C@](C)(OC)C[C@@H](C)CN(C)[C@H](C)[C@H]2N(CCCCn3cc(-c4ccccn4)nn3)C(=O)O[C@]12C. The number of alkyl halides is 1. The second-order valence-corrected chi connectivity index (χ2v) is 18.1. The lowest BCUT2D eigenvalue weighted by Gasteiger charge is -2.47. The summed E-state index contributed by atoms with van der Waals surface area (Å²) in [6.45, 7) is 15.0. The van der Waals surface area contributed by atoms with E-state index in [0.29, 0.717) is 51.0 Å². The molecule has 60 heavy (non-hydrogen) atoms. The number of hydrogen-bond donors (Lipinski definition) is 1. The van der Waals surface area contributed by atoms with Gasteiger partial charge in [-0.1, -0.05) is 32.1 Å². The van der Waals surface area contributed by atoms with Gasteiger partial charge in [0.2, 0.25) is 0 Å². The van der Waals surface area contributed by atoms with Crippen molar-refractivity contribution < 1.29 is 47.6 Å². The van der Waals surface area contributed by atoms with Crippen molar-refractivity contribution in [2.45, 2.75) is 160 Å². The minimum absolute atomic E-state index is 0.0976. The number of unbranched alkanes of at least 4 members (excludes halogenated alkanes) is 1. The van der Waals surface area contributed by atoms with E-state index in [0.717, 1.165) is 12.6 Å². The van der Waals surface area contributed by atoms with E-state index in [1.165, 1.54) is 14.0 Å². The van der Waals surface area contributed by atoms with Crippen LogP contribution >= 0.6 is 0 Å². The third kappa shape index (κ3) is 9.86. The summed E-state index contributed by atoms with van der Waals surface area (Å²) < 4.78 is 49.8. The van der Waals surface area contributed by atoms with Crippen LogP contribution in [0.2, 0.25) is 0 Å². The van der Waals surface area contributed by atoms with Gasteiger partial charge in [-0.05, 0) is 106 Å². The van der Waals surface area contributed by atoms with Gasteiger partial charge < -0.3 is 38.6 Å². The van der Waals surface area contributed by atoms with Crippen LogP contribution in [0.1, 0.15) is 87.5 Å². The Morgan fingerprint density at radius 2 is 1.75 bits per heavy atom. The maximum Gasteiger partial charge on any atom is 0.410 e. The average Bonchev–Trinajstić information content (AvgIpc) is 3.78. The molecule has 1 N–H and O–H groups in total. The summed E-state index contributed by atoms with van der Waals surface area (Å²) in [4.78, 5) is 52.3. The van der Waals surface area contributed by atoms with Gasteiger partial charge >= 0.3 is 12.1 Å². The Kier molecular flexibility index (Phi) is 15.2. The normalized spacial score (nSPS) is 37.6. The Morgan fingerprint density at radius 3 is 2.38 bits per heavy atom. The highest BCUT2D eigenvalue weighted by Gasteiger charge is 2.61. The van der Waals surface area contributed by atoms with Crippen LogP contribution in [0.4, 0.5) is 9.18 Å². The van der Waals surface area contributed by atoms with Gasteiger partial charge in [-0.25, -0.2) is 14.0 Å². The highest BCUT2D eigenvalue weighted by molar-refractivity contribution is 6.07. The molecule has 1 unspecified atom stereocenters. The first-order chi connectivity index (χ1) is 28.2. The number of Topliss-reactive ketones (excluding diaryl/α,β-unsaturated/α-hetero) is 1. The molecule has 0 saturated carbocycles. The van der Waals surface area contributed by atoms with Crippen molar-refractivity contribution in [3.63, 3.8) is 0 Å². The van der Waals surface area contributed by atoms with E-state index in [1.807, 2.05) is 64.3 Å². The molecule has 5 heterocycles. The Hall–Kier alpha value is -3.61. The van der Waals surface area contributed by atoms with E-state index in [4.69, 9.17) is 23.7 Å². The minimum atomic E-state index is -3.13. The smallest absolute Gasteiger partial charge is 0.410 e.